The summed E-state index contributed by atoms with van der Waals surface area (Å²) >= 11 is 0. The molecule has 2 aromatic heterocycles. The van der Waals surface area contributed by atoms with Crippen molar-refractivity contribution >= 4 is 5.91 Å². The normalized spacial score (nSPS) is 10.6. The predicted molar refractivity (Wildman–Crippen MR) is 98.2 cm³/mol. The molecule has 3 rings (SSSR count). The van der Waals surface area contributed by atoms with E-state index in [0.717, 1.165) is 10.8 Å². The first-order chi connectivity index (χ1) is 13.0. The van der Waals surface area contributed by atoms with Crippen LogP contribution in [0.5, 0.6) is 0 Å². The Morgan fingerprint density at radius 1 is 1.15 bits per heavy atom. The van der Waals surface area contributed by atoms with Crippen molar-refractivity contribution in [3.8, 4) is 5.69 Å². The number of nitrogens with one attached hydrogen (secondary N) is 2. The zero-order valence-electron chi connectivity index (χ0n) is 14.5. The average Bonchev–Trinajstić information content (AvgIpc) is 2.66. The van der Waals surface area contributed by atoms with Crippen LogP contribution in [-0.2, 0) is 6.54 Å². The molecular weight excluding hydrogens is 350 g/mol. The second-order valence-corrected chi connectivity index (χ2v) is 5.81. The van der Waals surface area contributed by atoms with Crippen molar-refractivity contribution in [2.45, 2.75) is 13.5 Å². The maximum atomic E-state index is 12.6. The number of aromatic nitrogens is 4. The number of aromatic amines is 1. The number of aryl methyl sites for hydroxylation is 1. The first-order valence-electron chi connectivity index (χ1n) is 8.18. The van der Waals surface area contributed by atoms with Crippen molar-refractivity contribution < 1.29 is 4.79 Å². The van der Waals surface area contributed by atoms with Gasteiger partial charge in [0, 0.05) is 31.0 Å². The Hall–Kier alpha value is -3.75. The van der Waals surface area contributed by atoms with E-state index in [-0.39, 0.29) is 24.2 Å². The third-order valence-corrected chi connectivity index (χ3v) is 3.95. The Balaban J connectivity index is 1.80. The zero-order chi connectivity index (χ0) is 19.4. The highest BCUT2D eigenvalue weighted by molar-refractivity contribution is 5.93. The fourth-order valence-electron chi connectivity index (χ4n) is 2.55. The summed E-state index contributed by atoms with van der Waals surface area (Å²) in [6, 6.07) is 8.30. The van der Waals surface area contributed by atoms with Gasteiger partial charge in [-0.1, -0.05) is 18.2 Å². The zero-order valence-corrected chi connectivity index (χ0v) is 14.5. The van der Waals surface area contributed by atoms with E-state index in [1.165, 1.54) is 17.1 Å². The van der Waals surface area contributed by atoms with Crippen molar-refractivity contribution in [1.29, 1.82) is 0 Å². The highest BCUT2D eigenvalue weighted by Crippen LogP contribution is 2.01. The molecule has 1 amide bonds. The Bertz CT molecular complexity index is 1140. The van der Waals surface area contributed by atoms with Gasteiger partial charge in [-0.3, -0.25) is 19.0 Å². The van der Waals surface area contributed by atoms with E-state index in [1.807, 2.05) is 0 Å². The number of nitrogens with zero attached hydrogens (tertiary/aromatic N) is 3. The summed E-state index contributed by atoms with van der Waals surface area (Å²) in [6.45, 7) is 1.97. The Morgan fingerprint density at radius 2 is 1.89 bits per heavy atom. The number of para-hydroxylation sites is 1. The van der Waals surface area contributed by atoms with E-state index in [2.05, 4.69) is 15.3 Å². The molecule has 0 spiro atoms. The van der Waals surface area contributed by atoms with Crippen molar-refractivity contribution in [2.24, 2.45) is 0 Å². The largest absolute Gasteiger partial charge is 0.350 e. The van der Waals surface area contributed by atoms with Gasteiger partial charge >= 0.3 is 5.69 Å². The number of amides is 1. The van der Waals surface area contributed by atoms with Crippen LogP contribution < -0.4 is 22.1 Å². The molecule has 0 fully saturated rings. The van der Waals surface area contributed by atoms with Crippen LogP contribution in [-0.4, -0.2) is 31.6 Å². The predicted octanol–water partition coefficient (Wildman–Crippen LogP) is -0.179. The lowest BCUT2D eigenvalue weighted by Gasteiger charge is -2.09. The molecule has 0 aliphatic heterocycles. The highest BCUT2D eigenvalue weighted by atomic mass is 16.2. The Morgan fingerprint density at radius 3 is 2.63 bits per heavy atom. The molecule has 0 radical (unpaired) electrons. The molecule has 0 bridgehead atoms. The molecule has 0 aliphatic carbocycles. The molecule has 138 valence electrons. The highest BCUT2D eigenvalue weighted by Gasteiger charge is 2.15. The topological polar surface area (TPSA) is 119 Å². The van der Waals surface area contributed by atoms with Crippen molar-refractivity contribution in [2.75, 3.05) is 6.54 Å². The quantitative estimate of drug-likeness (QED) is 0.648. The van der Waals surface area contributed by atoms with E-state index in [0.29, 0.717) is 11.3 Å². The van der Waals surface area contributed by atoms with Gasteiger partial charge in [0.1, 0.15) is 5.56 Å². The maximum Gasteiger partial charge on any atom is 0.333 e. The molecule has 0 saturated carbocycles. The molecule has 0 aliphatic rings. The van der Waals surface area contributed by atoms with Gasteiger partial charge in [0.25, 0.3) is 17.0 Å². The molecule has 27 heavy (non-hydrogen) atoms. The van der Waals surface area contributed by atoms with Crippen LogP contribution in [0.1, 0.15) is 15.9 Å². The van der Waals surface area contributed by atoms with Crippen LogP contribution in [0.3, 0.4) is 0 Å². The lowest BCUT2D eigenvalue weighted by Crippen LogP contribution is -2.40. The maximum absolute atomic E-state index is 12.6. The van der Waals surface area contributed by atoms with E-state index in [1.54, 1.807) is 37.3 Å². The summed E-state index contributed by atoms with van der Waals surface area (Å²) in [5, 5.41) is 2.57. The van der Waals surface area contributed by atoms with Crippen LogP contribution >= 0.6 is 0 Å². The molecule has 2 N–H and O–H groups in total. The van der Waals surface area contributed by atoms with Gasteiger partial charge in [0.2, 0.25) is 0 Å². The second kappa shape index (κ2) is 7.65. The smallest absolute Gasteiger partial charge is 0.333 e. The number of hydrogen-bond donors (Lipinski definition) is 2. The summed E-state index contributed by atoms with van der Waals surface area (Å²) in [6.07, 6.45) is 3.92. The van der Waals surface area contributed by atoms with E-state index in [9.17, 15) is 19.2 Å². The standard InChI is InChI=1S/C18H17N5O4/c1-12-9-19-11-22(16(12)25)8-7-20-15(24)14-10-21-18(27)23(17(14)26)13-5-3-2-4-6-13/h2-6,9-11H,7-8H2,1H3,(H,20,24)(H,21,27). The Labute approximate surface area is 152 Å². The second-order valence-electron chi connectivity index (χ2n) is 5.81. The van der Waals surface area contributed by atoms with E-state index < -0.39 is 17.2 Å². The Kier molecular flexibility index (Phi) is 5.11. The summed E-state index contributed by atoms with van der Waals surface area (Å²) in [4.78, 5) is 55.2. The summed E-state index contributed by atoms with van der Waals surface area (Å²) in [5.41, 5.74) is -0.911. The molecule has 3 aromatic rings. The number of benzene rings is 1. The van der Waals surface area contributed by atoms with Crippen molar-refractivity contribution in [1.82, 2.24) is 24.4 Å². The van der Waals surface area contributed by atoms with Gasteiger partial charge in [-0.2, -0.15) is 0 Å². The van der Waals surface area contributed by atoms with Crippen molar-refractivity contribution in [3.05, 3.63) is 91.4 Å². The van der Waals surface area contributed by atoms with E-state index >= 15 is 0 Å². The van der Waals surface area contributed by atoms with Crippen LogP contribution in [0.25, 0.3) is 5.69 Å². The molecule has 0 saturated heterocycles. The lowest BCUT2D eigenvalue weighted by molar-refractivity contribution is 0.0949. The minimum absolute atomic E-state index is 0.119. The van der Waals surface area contributed by atoms with Gasteiger partial charge < -0.3 is 10.3 Å². The van der Waals surface area contributed by atoms with Gasteiger partial charge in [0.15, 0.2) is 0 Å². The summed E-state index contributed by atoms with van der Waals surface area (Å²) in [5.74, 6) is -0.644. The number of hydrogen-bond acceptors (Lipinski definition) is 5. The van der Waals surface area contributed by atoms with Crippen LogP contribution in [0.4, 0.5) is 0 Å². The average molecular weight is 367 g/mol. The molecule has 0 atom stereocenters. The third kappa shape index (κ3) is 3.76. The minimum atomic E-state index is -0.725. The van der Waals surface area contributed by atoms with Crippen LogP contribution in [0.15, 0.2) is 63.4 Å². The third-order valence-electron chi connectivity index (χ3n) is 3.95. The lowest BCUT2D eigenvalue weighted by atomic mass is 10.2. The summed E-state index contributed by atoms with van der Waals surface area (Å²) in [7, 11) is 0. The van der Waals surface area contributed by atoms with Gasteiger partial charge in [-0.05, 0) is 19.1 Å². The van der Waals surface area contributed by atoms with Gasteiger partial charge in [-0.15, -0.1) is 0 Å². The van der Waals surface area contributed by atoms with Gasteiger partial charge in [0.05, 0.1) is 12.0 Å². The molecular formula is C18H17N5O4. The molecule has 2 heterocycles. The minimum Gasteiger partial charge on any atom is -0.350 e. The number of carbonyl (C=O) groups is 1. The first-order valence-corrected chi connectivity index (χ1v) is 8.18. The SMILES string of the molecule is Cc1cncn(CCNC(=O)c2c[nH]c(=O)n(-c3ccccc3)c2=O)c1=O. The monoisotopic (exact) mass is 367 g/mol. The van der Waals surface area contributed by atoms with Crippen LogP contribution in [0, 0.1) is 6.92 Å². The number of rotatable bonds is 5. The van der Waals surface area contributed by atoms with Gasteiger partial charge in [-0.25, -0.2) is 14.3 Å². The fraction of sp³-hybridized carbons (Fsp3) is 0.167. The molecule has 9 heteroatoms. The molecule has 9 nitrogen and oxygen atoms in total. The number of H-pyrrole nitrogens is 1. The summed E-state index contributed by atoms with van der Waals surface area (Å²) < 4.78 is 2.26. The number of carbonyl (C=O) groups excluding carboxylic acids is 1. The fourth-order valence-corrected chi connectivity index (χ4v) is 2.55. The molecule has 1 aromatic carbocycles. The van der Waals surface area contributed by atoms with Crippen LogP contribution in [0.2, 0.25) is 0 Å². The van der Waals surface area contributed by atoms with E-state index in [4.69, 9.17) is 0 Å². The molecule has 0 unspecified atom stereocenters. The first kappa shape index (κ1) is 18.1. The van der Waals surface area contributed by atoms with Crippen molar-refractivity contribution in [3.63, 3.8) is 0 Å².